The molecule has 1 N–H and O–H groups in total. The third-order valence-corrected chi connectivity index (χ3v) is 6.76. The second-order valence-corrected chi connectivity index (χ2v) is 9.58. The maximum atomic E-state index is 12.8. The molecule has 0 aromatic carbocycles. The van der Waals surface area contributed by atoms with Crippen molar-refractivity contribution < 1.29 is 4.79 Å². The predicted octanol–water partition coefficient (Wildman–Crippen LogP) is 2.57. The predicted molar refractivity (Wildman–Crippen MR) is 127 cm³/mol. The van der Waals surface area contributed by atoms with Crippen molar-refractivity contribution >= 4 is 11.6 Å². The molecule has 8 heteroatoms. The normalized spacial score (nSPS) is 19.9. The van der Waals surface area contributed by atoms with Gasteiger partial charge in [-0.1, -0.05) is 6.07 Å². The Bertz CT molecular complexity index is 1090. The van der Waals surface area contributed by atoms with Gasteiger partial charge in [0.2, 0.25) is 0 Å². The molecule has 0 radical (unpaired) electrons. The number of rotatable bonds is 8. The molecule has 1 aliphatic carbocycles. The highest BCUT2D eigenvalue weighted by Crippen LogP contribution is 2.33. The van der Waals surface area contributed by atoms with Gasteiger partial charge in [-0.2, -0.15) is 0 Å². The van der Waals surface area contributed by atoms with Crippen LogP contribution in [-0.2, 0) is 6.42 Å². The Morgan fingerprint density at radius 3 is 2.79 bits per heavy atom. The van der Waals surface area contributed by atoms with Gasteiger partial charge < -0.3 is 5.32 Å². The second kappa shape index (κ2) is 9.57. The molecule has 1 saturated heterocycles. The molecule has 2 aliphatic rings. The van der Waals surface area contributed by atoms with Gasteiger partial charge in [-0.15, -0.1) is 10.2 Å². The largest absolute Gasteiger partial charge is 0.352 e. The first-order chi connectivity index (χ1) is 16.1. The third-order valence-electron chi connectivity index (χ3n) is 6.76. The second-order valence-electron chi connectivity index (χ2n) is 9.58. The van der Waals surface area contributed by atoms with Gasteiger partial charge in [0, 0.05) is 63.3 Å². The molecule has 2 fully saturated rings. The molecule has 1 saturated carbocycles. The van der Waals surface area contributed by atoms with Gasteiger partial charge in [0.25, 0.3) is 5.91 Å². The first-order valence-electron chi connectivity index (χ1n) is 12.1. The van der Waals surface area contributed by atoms with Crippen LogP contribution in [0.2, 0.25) is 0 Å². The number of pyridine rings is 2. The molecular weight excluding hydrogens is 414 g/mol. The minimum absolute atomic E-state index is 0.0906. The van der Waals surface area contributed by atoms with Crippen LogP contribution >= 0.6 is 0 Å². The van der Waals surface area contributed by atoms with Crippen LogP contribution in [0.15, 0.2) is 42.7 Å². The molecule has 1 amide bonds. The summed E-state index contributed by atoms with van der Waals surface area (Å²) in [6, 6.07) is 10.1. The zero-order chi connectivity index (χ0) is 22.8. The van der Waals surface area contributed by atoms with Gasteiger partial charge in [-0.3, -0.25) is 24.0 Å². The summed E-state index contributed by atoms with van der Waals surface area (Å²) < 4.78 is 2.01. The van der Waals surface area contributed by atoms with Crippen molar-refractivity contribution in [2.75, 3.05) is 32.7 Å². The minimum Gasteiger partial charge on any atom is -0.352 e. The number of hydrogen-bond donors (Lipinski definition) is 1. The van der Waals surface area contributed by atoms with Crippen LogP contribution in [0, 0.1) is 5.92 Å². The molecule has 0 bridgehead atoms. The topological polar surface area (TPSA) is 78.7 Å². The lowest BCUT2D eigenvalue weighted by Crippen LogP contribution is -2.51. The van der Waals surface area contributed by atoms with E-state index in [9.17, 15) is 4.79 Å². The van der Waals surface area contributed by atoms with Crippen LogP contribution in [0.1, 0.15) is 54.6 Å². The average molecular weight is 448 g/mol. The SMILES string of the molecule is CC(C)N1CCN(CC2CC2)C[C@@H]1c1nnc2ccc(C(=O)NCCc3ccccn3)cn12. The first kappa shape index (κ1) is 22.0. The summed E-state index contributed by atoms with van der Waals surface area (Å²) in [6.45, 7) is 9.30. The molecule has 0 spiro atoms. The van der Waals surface area contributed by atoms with Crippen LogP contribution in [0.5, 0.6) is 0 Å². The van der Waals surface area contributed by atoms with Crippen LogP contribution < -0.4 is 5.32 Å². The molecule has 4 heterocycles. The quantitative estimate of drug-likeness (QED) is 0.572. The molecule has 3 aromatic rings. The Balaban J connectivity index is 1.33. The molecular formula is C25H33N7O. The number of piperazine rings is 1. The number of hydrogen-bond acceptors (Lipinski definition) is 6. The Labute approximate surface area is 195 Å². The molecule has 5 rings (SSSR count). The highest BCUT2D eigenvalue weighted by atomic mass is 16.1. The van der Waals surface area contributed by atoms with Gasteiger partial charge in [-0.05, 0) is 56.9 Å². The van der Waals surface area contributed by atoms with Crippen molar-refractivity contribution in [2.45, 2.75) is 45.2 Å². The van der Waals surface area contributed by atoms with E-state index in [0.717, 1.165) is 42.7 Å². The van der Waals surface area contributed by atoms with Crippen LogP contribution in [-0.4, -0.2) is 74.1 Å². The number of carbonyl (C=O) groups excluding carboxylic acids is 1. The summed E-state index contributed by atoms with van der Waals surface area (Å²) in [5, 5.41) is 12.0. The number of aromatic nitrogens is 4. The van der Waals surface area contributed by atoms with Crippen molar-refractivity contribution in [1.29, 1.82) is 0 Å². The Morgan fingerprint density at radius 2 is 2.03 bits per heavy atom. The molecule has 1 atom stereocenters. The third kappa shape index (κ3) is 5.07. The molecule has 1 aliphatic heterocycles. The number of fused-ring (bicyclic) bond motifs is 1. The van der Waals surface area contributed by atoms with Crippen LogP contribution in [0.3, 0.4) is 0 Å². The number of amides is 1. The van der Waals surface area contributed by atoms with E-state index >= 15 is 0 Å². The van der Waals surface area contributed by atoms with E-state index in [1.54, 1.807) is 6.20 Å². The van der Waals surface area contributed by atoms with E-state index in [2.05, 4.69) is 44.1 Å². The maximum Gasteiger partial charge on any atom is 0.252 e. The summed E-state index contributed by atoms with van der Waals surface area (Å²) in [5.74, 6) is 1.70. The fourth-order valence-corrected chi connectivity index (χ4v) is 4.76. The Morgan fingerprint density at radius 1 is 1.15 bits per heavy atom. The smallest absolute Gasteiger partial charge is 0.252 e. The fourth-order valence-electron chi connectivity index (χ4n) is 4.76. The van der Waals surface area contributed by atoms with Gasteiger partial charge in [0.1, 0.15) is 0 Å². The summed E-state index contributed by atoms with van der Waals surface area (Å²) >= 11 is 0. The summed E-state index contributed by atoms with van der Waals surface area (Å²) in [6.07, 6.45) is 7.09. The lowest BCUT2D eigenvalue weighted by molar-refractivity contribution is 0.0437. The van der Waals surface area contributed by atoms with E-state index < -0.39 is 0 Å². The lowest BCUT2D eigenvalue weighted by Gasteiger charge is -2.42. The fraction of sp³-hybridized carbons (Fsp3) is 0.520. The molecule has 8 nitrogen and oxygen atoms in total. The molecule has 174 valence electrons. The van der Waals surface area contributed by atoms with E-state index in [1.807, 2.05) is 40.9 Å². The summed E-state index contributed by atoms with van der Waals surface area (Å²) in [5.41, 5.74) is 2.36. The van der Waals surface area contributed by atoms with Gasteiger partial charge in [0.15, 0.2) is 11.5 Å². The van der Waals surface area contributed by atoms with E-state index in [4.69, 9.17) is 0 Å². The summed E-state index contributed by atoms with van der Waals surface area (Å²) in [4.78, 5) is 22.2. The molecule has 33 heavy (non-hydrogen) atoms. The van der Waals surface area contributed by atoms with Crippen molar-refractivity contribution in [1.82, 2.24) is 34.7 Å². The molecule has 3 aromatic heterocycles. The standard InChI is InChI=1S/C25H33N7O/c1-18(2)31-14-13-30(15-19-6-7-19)17-22(31)24-29-28-23-9-8-20(16-32(23)24)25(33)27-12-10-21-5-3-4-11-26-21/h3-5,8-9,11,16,18-19,22H,6-7,10,12-15,17H2,1-2H3,(H,27,33)/t22-/m1/s1. The number of carbonyl (C=O) groups is 1. The van der Waals surface area contributed by atoms with Crippen molar-refractivity contribution in [3.63, 3.8) is 0 Å². The first-order valence-corrected chi connectivity index (χ1v) is 12.1. The monoisotopic (exact) mass is 447 g/mol. The van der Waals surface area contributed by atoms with Crippen molar-refractivity contribution in [3.05, 3.63) is 59.8 Å². The van der Waals surface area contributed by atoms with E-state index in [1.165, 1.54) is 19.4 Å². The zero-order valence-electron chi connectivity index (χ0n) is 19.5. The number of nitrogens with zero attached hydrogens (tertiary/aromatic N) is 6. The maximum absolute atomic E-state index is 12.8. The zero-order valence-corrected chi connectivity index (χ0v) is 19.5. The van der Waals surface area contributed by atoms with Crippen LogP contribution in [0.25, 0.3) is 5.65 Å². The summed E-state index contributed by atoms with van der Waals surface area (Å²) in [7, 11) is 0. The van der Waals surface area contributed by atoms with Gasteiger partial charge >= 0.3 is 0 Å². The number of nitrogens with one attached hydrogen (secondary N) is 1. The minimum atomic E-state index is -0.0906. The van der Waals surface area contributed by atoms with Crippen LogP contribution in [0.4, 0.5) is 0 Å². The highest BCUT2D eigenvalue weighted by molar-refractivity contribution is 5.94. The average Bonchev–Trinajstić information content (AvgIpc) is 3.54. The van der Waals surface area contributed by atoms with Crippen molar-refractivity contribution in [3.8, 4) is 0 Å². The Kier molecular flexibility index (Phi) is 6.37. The Hall–Kier alpha value is -2.84. The van der Waals surface area contributed by atoms with E-state index in [-0.39, 0.29) is 11.9 Å². The van der Waals surface area contributed by atoms with Gasteiger partial charge in [0.05, 0.1) is 11.6 Å². The molecule has 0 unspecified atom stereocenters. The lowest BCUT2D eigenvalue weighted by atomic mass is 10.1. The van der Waals surface area contributed by atoms with Gasteiger partial charge in [-0.25, -0.2) is 0 Å². The van der Waals surface area contributed by atoms with Crippen molar-refractivity contribution in [2.24, 2.45) is 5.92 Å². The highest BCUT2D eigenvalue weighted by Gasteiger charge is 2.35. The van der Waals surface area contributed by atoms with E-state index in [0.29, 0.717) is 24.6 Å².